The molecule has 0 fully saturated rings. The molecule has 2 aromatic rings. The Labute approximate surface area is 107 Å². The van der Waals surface area contributed by atoms with Gasteiger partial charge in [-0.1, -0.05) is 23.2 Å². The van der Waals surface area contributed by atoms with Crippen LogP contribution in [-0.4, -0.2) is 16.1 Å². The number of H-pyrrole nitrogens is 1. The molecular weight excluding hydrogens is 263 g/mol. The highest BCUT2D eigenvalue weighted by atomic mass is 35.5. The Balaban J connectivity index is 2.18. The minimum Gasteiger partial charge on any atom is -0.382 e. The molecule has 88 valence electrons. The second-order valence-corrected chi connectivity index (χ2v) is 4.13. The van der Waals surface area contributed by atoms with Crippen LogP contribution in [0.1, 0.15) is 10.5 Å². The van der Waals surface area contributed by atoms with Gasteiger partial charge >= 0.3 is 0 Å². The van der Waals surface area contributed by atoms with Gasteiger partial charge in [-0.2, -0.15) is 5.10 Å². The normalized spacial score (nSPS) is 10.2. The van der Waals surface area contributed by atoms with Crippen molar-refractivity contribution in [2.75, 3.05) is 11.1 Å². The predicted molar refractivity (Wildman–Crippen MR) is 67.4 cm³/mol. The largest absolute Gasteiger partial charge is 0.382 e. The molecule has 0 aliphatic heterocycles. The van der Waals surface area contributed by atoms with Crippen molar-refractivity contribution >= 4 is 40.6 Å². The van der Waals surface area contributed by atoms with E-state index in [0.717, 1.165) is 0 Å². The van der Waals surface area contributed by atoms with Crippen LogP contribution in [0, 0.1) is 0 Å². The number of hydrogen-bond acceptors (Lipinski definition) is 3. The highest BCUT2D eigenvalue weighted by Gasteiger charge is 2.10. The van der Waals surface area contributed by atoms with E-state index in [1.165, 1.54) is 6.07 Å². The molecule has 0 aliphatic carbocycles. The molecule has 0 radical (unpaired) electrons. The second-order valence-electron chi connectivity index (χ2n) is 3.28. The Morgan fingerprint density at radius 3 is 2.71 bits per heavy atom. The molecule has 1 aromatic heterocycles. The Bertz CT molecular complexity index is 567. The number of benzene rings is 1. The number of aromatic amines is 1. The Morgan fingerprint density at radius 1 is 1.35 bits per heavy atom. The summed E-state index contributed by atoms with van der Waals surface area (Å²) in [7, 11) is 0. The van der Waals surface area contributed by atoms with Gasteiger partial charge < -0.3 is 11.1 Å². The first-order valence-corrected chi connectivity index (χ1v) is 5.39. The monoisotopic (exact) mass is 270 g/mol. The van der Waals surface area contributed by atoms with Gasteiger partial charge in [-0.05, 0) is 18.2 Å². The van der Waals surface area contributed by atoms with Crippen molar-refractivity contribution in [2.45, 2.75) is 0 Å². The van der Waals surface area contributed by atoms with Crippen molar-refractivity contribution in [1.82, 2.24) is 10.2 Å². The fraction of sp³-hybridized carbons (Fsp3) is 0. The summed E-state index contributed by atoms with van der Waals surface area (Å²) in [6.45, 7) is 0. The summed E-state index contributed by atoms with van der Waals surface area (Å²) in [5.74, 6) is -0.129. The summed E-state index contributed by atoms with van der Waals surface area (Å²) >= 11 is 11.7. The average molecular weight is 271 g/mol. The molecule has 0 saturated carbocycles. The summed E-state index contributed by atoms with van der Waals surface area (Å²) in [5.41, 5.74) is 6.12. The van der Waals surface area contributed by atoms with Crippen LogP contribution >= 0.6 is 23.2 Å². The third kappa shape index (κ3) is 2.69. The summed E-state index contributed by atoms with van der Waals surface area (Å²) < 4.78 is 0. The van der Waals surface area contributed by atoms with Crippen LogP contribution in [0.4, 0.5) is 11.5 Å². The van der Waals surface area contributed by atoms with Gasteiger partial charge in [0.05, 0.1) is 10.7 Å². The molecular formula is C10H8Cl2N4O. The van der Waals surface area contributed by atoms with Gasteiger partial charge in [0.25, 0.3) is 5.91 Å². The molecule has 0 unspecified atom stereocenters. The number of anilines is 2. The quantitative estimate of drug-likeness (QED) is 0.784. The Kier molecular flexibility index (Phi) is 3.21. The van der Waals surface area contributed by atoms with E-state index in [0.29, 0.717) is 15.7 Å². The van der Waals surface area contributed by atoms with Crippen LogP contribution in [0.5, 0.6) is 0 Å². The zero-order chi connectivity index (χ0) is 12.4. The van der Waals surface area contributed by atoms with Crippen LogP contribution in [0.25, 0.3) is 0 Å². The van der Waals surface area contributed by atoms with Crippen LogP contribution in [0.3, 0.4) is 0 Å². The molecule has 4 N–H and O–H groups in total. The van der Waals surface area contributed by atoms with Gasteiger partial charge in [0.15, 0.2) is 0 Å². The number of halogens is 2. The lowest BCUT2D eigenvalue weighted by atomic mass is 10.3. The third-order valence-electron chi connectivity index (χ3n) is 2.02. The molecule has 1 aromatic carbocycles. The number of nitrogens with two attached hydrogens (primary N) is 1. The predicted octanol–water partition coefficient (Wildman–Crippen LogP) is 2.55. The number of carbonyl (C=O) groups excluding carboxylic acids is 1. The van der Waals surface area contributed by atoms with Crippen molar-refractivity contribution in [3.05, 3.63) is 40.0 Å². The molecule has 17 heavy (non-hydrogen) atoms. The van der Waals surface area contributed by atoms with E-state index in [1.54, 1.807) is 18.2 Å². The fourth-order valence-corrected chi connectivity index (χ4v) is 1.69. The van der Waals surface area contributed by atoms with E-state index in [-0.39, 0.29) is 17.4 Å². The number of nitrogen functional groups attached to an aromatic ring is 1. The van der Waals surface area contributed by atoms with Crippen LogP contribution in [0.15, 0.2) is 24.3 Å². The number of amides is 1. The molecule has 0 spiro atoms. The van der Waals surface area contributed by atoms with Crippen LogP contribution < -0.4 is 11.1 Å². The Hall–Kier alpha value is -1.72. The van der Waals surface area contributed by atoms with Crippen LogP contribution in [-0.2, 0) is 0 Å². The molecule has 2 rings (SSSR count). The maximum atomic E-state index is 11.7. The van der Waals surface area contributed by atoms with E-state index in [4.69, 9.17) is 28.9 Å². The fourth-order valence-electron chi connectivity index (χ4n) is 1.23. The van der Waals surface area contributed by atoms with Crippen molar-refractivity contribution in [2.24, 2.45) is 0 Å². The van der Waals surface area contributed by atoms with Gasteiger partial charge in [0.2, 0.25) is 0 Å². The standard InChI is InChI=1S/C10H8Cl2N4O/c11-5-1-2-7(6(12)3-5)14-10(17)8-4-9(13)16-15-8/h1-4H,(H,14,17)(H3,13,15,16). The van der Waals surface area contributed by atoms with E-state index in [9.17, 15) is 4.79 Å². The molecule has 0 atom stereocenters. The first-order valence-electron chi connectivity index (χ1n) is 4.63. The number of carbonyl (C=O) groups is 1. The second kappa shape index (κ2) is 4.65. The lowest BCUT2D eigenvalue weighted by molar-refractivity contribution is 0.102. The third-order valence-corrected chi connectivity index (χ3v) is 2.57. The average Bonchev–Trinajstić information content (AvgIpc) is 2.69. The van der Waals surface area contributed by atoms with E-state index >= 15 is 0 Å². The molecule has 0 bridgehead atoms. The SMILES string of the molecule is Nc1cc(C(=O)Nc2ccc(Cl)cc2Cl)[nH]n1. The molecule has 1 amide bonds. The van der Waals surface area contributed by atoms with Crippen molar-refractivity contribution in [1.29, 1.82) is 0 Å². The zero-order valence-corrected chi connectivity index (χ0v) is 10.0. The highest BCUT2D eigenvalue weighted by molar-refractivity contribution is 6.36. The van der Waals surface area contributed by atoms with Crippen LogP contribution in [0.2, 0.25) is 10.0 Å². The van der Waals surface area contributed by atoms with Crippen molar-refractivity contribution in [3.63, 3.8) is 0 Å². The number of rotatable bonds is 2. The number of aromatic nitrogens is 2. The molecule has 5 nitrogen and oxygen atoms in total. The van der Waals surface area contributed by atoms with E-state index < -0.39 is 0 Å². The van der Waals surface area contributed by atoms with Gasteiger partial charge in [-0.25, -0.2) is 0 Å². The molecule has 0 saturated heterocycles. The summed E-state index contributed by atoms with van der Waals surface area (Å²) in [4.78, 5) is 11.7. The lowest BCUT2D eigenvalue weighted by Gasteiger charge is -2.05. The van der Waals surface area contributed by atoms with Gasteiger partial charge in [-0.3, -0.25) is 9.89 Å². The first kappa shape index (κ1) is 11.8. The van der Waals surface area contributed by atoms with Gasteiger partial charge in [0.1, 0.15) is 11.5 Å². The van der Waals surface area contributed by atoms with Crippen molar-refractivity contribution < 1.29 is 4.79 Å². The highest BCUT2D eigenvalue weighted by Crippen LogP contribution is 2.25. The zero-order valence-electron chi connectivity index (χ0n) is 8.50. The maximum absolute atomic E-state index is 11.7. The van der Waals surface area contributed by atoms with E-state index in [2.05, 4.69) is 15.5 Å². The number of hydrogen-bond donors (Lipinski definition) is 3. The topological polar surface area (TPSA) is 83.8 Å². The van der Waals surface area contributed by atoms with Gasteiger partial charge in [-0.15, -0.1) is 0 Å². The minimum atomic E-state index is -0.376. The first-order chi connectivity index (χ1) is 8.06. The number of nitrogens with zero attached hydrogens (tertiary/aromatic N) is 1. The number of nitrogens with one attached hydrogen (secondary N) is 2. The lowest BCUT2D eigenvalue weighted by Crippen LogP contribution is -2.12. The smallest absolute Gasteiger partial charge is 0.273 e. The van der Waals surface area contributed by atoms with E-state index in [1.807, 2.05) is 0 Å². The molecule has 0 aliphatic rings. The minimum absolute atomic E-state index is 0.248. The Morgan fingerprint density at radius 2 is 2.12 bits per heavy atom. The van der Waals surface area contributed by atoms with Gasteiger partial charge in [0, 0.05) is 11.1 Å². The molecule has 1 heterocycles. The summed E-state index contributed by atoms with van der Waals surface area (Å²) in [6, 6.07) is 6.21. The summed E-state index contributed by atoms with van der Waals surface area (Å²) in [5, 5.41) is 9.62. The molecule has 7 heteroatoms. The maximum Gasteiger partial charge on any atom is 0.273 e. The summed E-state index contributed by atoms with van der Waals surface area (Å²) in [6.07, 6.45) is 0. The van der Waals surface area contributed by atoms with Crippen molar-refractivity contribution in [3.8, 4) is 0 Å².